The number of piperidine rings is 1. The van der Waals surface area contributed by atoms with E-state index in [1.165, 1.54) is 18.4 Å². The molecular formula is C14H21FN2. The van der Waals surface area contributed by atoms with Gasteiger partial charge in [0.2, 0.25) is 0 Å². The molecule has 1 N–H and O–H groups in total. The zero-order valence-corrected chi connectivity index (χ0v) is 10.5. The highest BCUT2D eigenvalue weighted by Gasteiger charge is 2.18. The molecule has 1 aliphatic heterocycles. The summed E-state index contributed by atoms with van der Waals surface area (Å²) < 4.78 is 12.8. The first-order chi connectivity index (χ1) is 8.28. The predicted octanol–water partition coefficient (Wildman–Crippen LogP) is 2.26. The number of hydrogen-bond acceptors (Lipinski definition) is 2. The molecule has 1 fully saturated rings. The van der Waals surface area contributed by atoms with Crippen LogP contribution < -0.4 is 5.32 Å². The molecule has 0 aromatic heterocycles. The number of nitrogens with zero attached hydrogens (tertiary/aromatic N) is 1. The monoisotopic (exact) mass is 236 g/mol. The van der Waals surface area contributed by atoms with Gasteiger partial charge in [0.05, 0.1) is 0 Å². The minimum atomic E-state index is -0.151. The Morgan fingerprint density at radius 3 is 2.47 bits per heavy atom. The third-order valence-corrected chi connectivity index (χ3v) is 3.52. The lowest BCUT2D eigenvalue weighted by molar-refractivity contribution is 0.177. The highest BCUT2D eigenvalue weighted by molar-refractivity contribution is 5.15. The fourth-order valence-electron chi connectivity index (χ4n) is 2.49. The van der Waals surface area contributed by atoms with Gasteiger partial charge in [-0.15, -0.1) is 0 Å². The average Bonchev–Trinajstić information content (AvgIpc) is 2.35. The molecule has 1 aromatic carbocycles. The van der Waals surface area contributed by atoms with Crippen LogP contribution in [0.4, 0.5) is 4.39 Å². The molecular weight excluding hydrogens is 215 g/mol. The third kappa shape index (κ3) is 3.79. The van der Waals surface area contributed by atoms with Crippen molar-refractivity contribution in [3.8, 4) is 0 Å². The van der Waals surface area contributed by atoms with Crippen molar-refractivity contribution in [3.63, 3.8) is 0 Å². The maximum Gasteiger partial charge on any atom is 0.123 e. The molecule has 1 heterocycles. The molecule has 1 aromatic rings. The van der Waals surface area contributed by atoms with Crippen LogP contribution in [0.2, 0.25) is 0 Å². The van der Waals surface area contributed by atoms with Crippen LogP contribution in [0.5, 0.6) is 0 Å². The van der Waals surface area contributed by atoms with Gasteiger partial charge in [-0.2, -0.15) is 0 Å². The lowest BCUT2D eigenvalue weighted by Crippen LogP contribution is -2.36. The Morgan fingerprint density at radius 1 is 1.24 bits per heavy atom. The zero-order chi connectivity index (χ0) is 12.1. The molecule has 0 amide bonds. The quantitative estimate of drug-likeness (QED) is 0.862. The fourth-order valence-corrected chi connectivity index (χ4v) is 2.49. The summed E-state index contributed by atoms with van der Waals surface area (Å²) in [5.74, 6) is 0.672. The predicted molar refractivity (Wildman–Crippen MR) is 68.3 cm³/mol. The van der Waals surface area contributed by atoms with Crippen molar-refractivity contribution >= 4 is 0 Å². The smallest absolute Gasteiger partial charge is 0.123 e. The van der Waals surface area contributed by atoms with Crippen molar-refractivity contribution in [3.05, 3.63) is 35.6 Å². The molecule has 17 heavy (non-hydrogen) atoms. The summed E-state index contributed by atoms with van der Waals surface area (Å²) in [7, 11) is 2.02. The van der Waals surface area contributed by atoms with E-state index in [0.29, 0.717) is 0 Å². The molecule has 0 bridgehead atoms. The van der Waals surface area contributed by atoms with Crippen molar-refractivity contribution in [2.24, 2.45) is 5.92 Å². The van der Waals surface area contributed by atoms with Gasteiger partial charge in [0.1, 0.15) is 5.82 Å². The Balaban J connectivity index is 1.79. The highest BCUT2D eigenvalue weighted by atomic mass is 19.1. The molecule has 1 saturated heterocycles. The van der Waals surface area contributed by atoms with E-state index in [4.69, 9.17) is 0 Å². The standard InChI is InChI=1S/C14H21FN2/c1-16-10-12-6-8-17(9-7-12)11-13-2-4-14(15)5-3-13/h2-5,12,16H,6-11H2,1H3. The number of rotatable bonds is 4. The Labute approximate surface area is 103 Å². The van der Waals surface area contributed by atoms with E-state index in [1.54, 1.807) is 12.1 Å². The highest BCUT2D eigenvalue weighted by Crippen LogP contribution is 2.18. The maximum absolute atomic E-state index is 12.8. The molecule has 0 spiro atoms. The van der Waals surface area contributed by atoms with Crippen LogP contribution in [0.15, 0.2) is 24.3 Å². The van der Waals surface area contributed by atoms with E-state index >= 15 is 0 Å². The first-order valence-corrected chi connectivity index (χ1v) is 6.39. The summed E-state index contributed by atoms with van der Waals surface area (Å²) in [4.78, 5) is 2.46. The molecule has 0 unspecified atom stereocenters. The molecule has 94 valence electrons. The van der Waals surface area contributed by atoms with E-state index in [-0.39, 0.29) is 5.82 Å². The van der Waals surface area contributed by atoms with Crippen LogP contribution in [0, 0.1) is 11.7 Å². The number of likely N-dealkylation sites (tertiary alicyclic amines) is 1. The van der Waals surface area contributed by atoms with Gasteiger partial charge in [-0.3, -0.25) is 4.90 Å². The number of halogens is 1. The van der Waals surface area contributed by atoms with Gasteiger partial charge in [0.25, 0.3) is 0 Å². The van der Waals surface area contributed by atoms with Crippen molar-refractivity contribution in [2.45, 2.75) is 19.4 Å². The SMILES string of the molecule is CNCC1CCN(Cc2ccc(F)cc2)CC1. The second kappa shape index (κ2) is 6.12. The van der Waals surface area contributed by atoms with Gasteiger partial charge in [-0.05, 0) is 63.1 Å². The van der Waals surface area contributed by atoms with E-state index < -0.39 is 0 Å². The third-order valence-electron chi connectivity index (χ3n) is 3.52. The van der Waals surface area contributed by atoms with Gasteiger partial charge in [0, 0.05) is 6.54 Å². The minimum Gasteiger partial charge on any atom is -0.319 e. The molecule has 0 atom stereocenters. The van der Waals surface area contributed by atoms with E-state index in [0.717, 1.165) is 32.1 Å². The minimum absolute atomic E-state index is 0.151. The Kier molecular flexibility index (Phi) is 4.51. The van der Waals surface area contributed by atoms with Gasteiger partial charge < -0.3 is 5.32 Å². The fraction of sp³-hybridized carbons (Fsp3) is 0.571. The summed E-state index contributed by atoms with van der Waals surface area (Å²) >= 11 is 0. The molecule has 0 saturated carbocycles. The van der Waals surface area contributed by atoms with Crippen LogP contribution in [0.25, 0.3) is 0 Å². The van der Waals surface area contributed by atoms with Crippen molar-refractivity contribution < 1.29 is 4.39 Å². The lowest BCUT2D eigenvalue weighted by Gasteiger charge is -2.31. The average molecular weight is 236 g/mol. The maximum atomic E-state index is 12.8. The van der Waals surface area contributed by atoms with E-state index in [9.17, 15) is 4.39 Å². The molecule has 2 nitrogen and oxygen atoms in total. The number of benzene rings is 1. The number of hydrogen-bond donors (Lipinski definition) is 1. The molecule has 0 radical (unpaired) electrons. The topological polar surface area (TPSA) is 15.3 Å². The van der Waals surface area contributed by atoms with Gasteiger partial charge in [-0.25, -0.2) is 4.39 Å². The van der Waals surface area contributed by atoms with E-state index in [1.807, 2.05) is 19.2 Å². The summed E-state index contributed by atoms with van der Waals surface area (Å²) in [6.07, 6.45) is 2.53. The molecule has 0 aliphatic carbocycles. The summed E-state index contributed by atoms with van der Waals surface area (Å²) in [5, 5.41) is 3.25. The van der Waals surface area contributed by atoms with Crippen LogP contribution in [-0.2, 0) is 6.54 Å². The first kappa shape index (κ1) is 12.5. The van der Waals surface area contributed by atoms with Gasteiger partial charge >= 0.3 is 0 Å². The van der Waals surface area contributed by atoms with Gasteiger partial charge in [-0.1, -0.05) is 12.1 Å². The normalized spacial score (nSPS) is 18.5. The largest absolute Gasteiger partial charge is 0.319 e. The Hall–Kier alpha value is -0.930. The molecule has 1 aliphatic rings. The van der Waals surface area contributed by atoms with Crippen LogP contribution >= 0.6 is 0 Å². The first-order valence-electron chi connectivity index (χ1n) is 6.39. The second-order valence-electron chi connectivity index (χ2n) is 4.90. The van der Waals surface area contributed by atoms with Crippen LogP contribution in [-0.4, -0.2) is 31.6 Å². The molecule has 2 rings (SSSR count). The van der Waals surface area contributed by atoms with Crippen LogP contribution in [0.3, 0.4) is 0 Å². The lowest BCUT2D eigenvalue weighted by atomic mass is 9.96. The van der Waals surface area contributed by atoms with Crippen molar-refractivity contribution in [1.29, 1.82) is 0 Å². The van der Waals surface area contributed by atoms with E-state index in [2.05, 4.69) is 10.2 Å². The van der Waals surface area contributed by atoms with Crippen molar-refractivity contribution in [2.75, 3.05) is 26.7 Å². The summed E-state index contributed by atoms with van der Waals surface area (Å²) in [6.45, 7) is 4.39. The van der Waals surface area contributed by atoms with Crippen molar-refractivity contribution in [1.82, 2.24) is 10.2 Å². The summed E-state index contributed by atoms with van der Waals surface area (Å²) in [5.41, 5.74) is 1.21. The number of nitrogens with one attached hydrogen (secondary N) is 1. The van der Waals surface area contributed by atoms with Crippen LogP contribution in [0.1, 0.15) is 18.4 Å². The van der Waals surface area contributed by atoms with Gasteiger partial charge in [0.15, 0.2) is 0 Å². The summed E-state index contributed by atoms with van der Waals surface area (Å²) in [6, 6.07) is 6.86. The zero-order valence-electron chi connectivity index (χ0n) is 10.5. The Bertz CT molecular complexity index is 329. The Morgan fingerprint density at radius 2 is 1.88 bits per heavy atom. The molecule has 3 heteroatoms. The second-order valence-corrected chi connectivity index (χ2v) is 4.90.